The van der Waals surface area contributed by atoms with Crippen molar-refractivity contribution in [2.45, 2.75) is 13.8 Å². The number of halogens is 1. The smallest absolute Gasteiger partial charge is 0.338 e. The first-order valence-electron chi connectivity index (χ1n) is 5.17. The van der Waals surface area contributed by atoms with Crippen LogP contribution in [-0.2, 0) is 0 Å². The van der Waals surface area contributed by atoms with E-state index < -0.39 is 11.8 Å². The second kappa shape index (κ2) is 3.47. The molecule has 1 aromatic carbocycles. The zero-order chi connectivity index (χ0) is 11.9. The van der Waals surface area contributed by atoms with Gasteiger partial charge in [-0.05, 0) is 23.6 Å². The van der Waals surface area contributed by atoms with E-state index in [4.69, 9.17) is 5.11 Å². The minimum Gasteiger partial charge on any atom is -0.478 e. The molecule has 1 aromatic rings. The largest absolute Gasteiger partial charge is 0.478 e. The molecule has 0 saturated carbocycles. The van der Waals surface area contributed by atoms with Crippen molar-refractivity contribution in [3.05, 3.63) is 29.6 Å². The topological polar surface area (TPSA) is 40.5 Å². The lowest BCUT2D eigenvalue weighted by atomic mass is 9.84. The summed E-state index contributed by atoms with van der Waals surface area (Å²) in [6, 6.07) is 4.26. The number of carboxylic acid groups (broad SMARTS) is 1. The average Bonchev–Trinajstić information content (AvgIpc) is 2.13. The van der Waals surface area contributed by atoms with Crippen LogP contribution in [0.1, 0.15) is 24.2 Å². The summed E-state index contributed by atoms with van der Waals surface area (Å²) in [5.74, 6) is -1.90. The highest BCUT2D eigenvalue weighted by molar-refractivity contribution is 5.88. The number of aromatic carboxylic acids is 1. The van der Waals surface area contributed by atoms with E-state index >= 15 is 0 Å². The first kappa shape index (κ1) is 10.9. The van der Waals surface area contributed by atoms with Gasteiger partial charge in [0.25, 0.3) is 0 Å². The van der Waals surface area contributed by atoms with E-state index in [0.717, 1.165) is 18.8 Å². The molecule has 0 bridgehead atoms. The first-order chi connectivity index (χ1) is 7.39. The summed E-state index contributed by atoms with van der Waals surface area (Å²) in [6.45, 7) is 6.04. The van der Waals surface area contributed by atoms with Gasteiger partial charge in [0.2, 0.25) is 0 Å². The molecular weight excluding hydrogens is 209 g/mol. The summed E-state index contributed by atoms with van der Waals surface area (Å²) in [4.78, 5) is 12.7. The molecule has 0 aliphatic carbocycles. The van der Waals surface area contributed by atoms with Gasteiger partial charge in [0, 0.05) is 18.8 Å². The molecule has 86 valence electrons. The van der Waals surface area contributed by atoms with Gasteiger partial charge in [-0.3, -0.25) is 0 Å². The molecule has 1 N–H and O–H groups in total. The Labute approximate surface area is 93.5 Å². The Kier molecular flexibility index (Phi) is 2.37. The average molecular weight is 223 g/mol. The number of carbonyl (C=O) groups is 1. The fourth-order valence-corrected chi connectivity index (χ4v) is 2.04. The zero-order valence-corrected chi connectivity index (χ0v) is 9.33. The Morgan fingerprint density at radius 2 is 2.06 bits per heavy atom. The van der Waals surface area contributed by atoms with Gasteiger partial charge in [-0.1, -0.05) is 13.8 Å². The van der Waals surface area contributed by atoms with E-state index in [2.05, 4.69) is 13.8 Å². The quantitative estimate of drug-likeness (QED) is 0.836. The number of hydrogen-bond acceptors (Lipinski definition) is 2. The van der Waals surface area contributed by atoms with Crippen molar-refractivity contribution in [1.29, 1.82) is 0 Å². The van der Waals surface area contributed by atoms with E-state index in [1.165, 1.54) is 12.1 Å². The van der Waals surface area contributed by atoms with Crippen LogP contribution >= 0.6 is 0 Å². The fourth-order valence-electron chi connectivity index (χ4n) is 2.04. The summed E-state index contributed by atoms with van der Waals surface area (Å²) in [5, 5.41) is 8.70. The Balaban J connectivity index is 2.20. The maximum atomic E-state index is 13.4. The van der Waals surface area contributed by atoms with Crippen LogP contribution in [0.5, 0.6) is 0 Å². The lowest BCUT2D eigenvalue weighted by Gasteiger charge is -2.47. The molecule has 4 heteroatoms. The van der Waals surface area contributed by atoms with E-state index in [1.54, 1.807) is 6.07 Å². The van der Waals surface area contributed by atoms with Crippen LogP contribution in [0.3, 0.4) is 0 Å². The predicted molar refractivity (Wildman–Crippen MR) is 59.4 cm³/mol. The molecule has 16 heavy (non-hydrogen) atoms. The molecule has 0 unspecified atom stereocenters. The molecule has 0 aromatic heterocycles. The van der Waals surface area contributed by atoms with Crippen LogP contribution in [0.4, 0.5) is 10.1 Å². The van der Waals surface area contributed by atoms with Crippen molar-refractivity contribution in [3.8, 4) is 0 Å². The Morgan fingerprint density at radius 1 is 1.44 bits per heavy atom. The molecule has 0 spiro atoms. The van der Waals surface area contributed by atoms with Crippen molar-refractivity contribution in [1.82, 2.24) is 0 Å². The molecule has 2 rings (SSSR count). The van der Waals surface area contributed by atoms with Crippen LogP contribution in [0.25, 0.3) is 0 Å². The van der Waals surface area contributed by atoms with Crippen LogP contribution in [-0.4, -0.2) is 24.2 Å². The van der Waals surface area contributed by atoms with Crippen molar-refractivity contribution in [2.75, 3.05) is 18.0 Å². The molecule has 1 aliphatic rings. The first-order valence-corrected chi connectivity index (χ1v) is 5.17. The summed E-state index contributed by atoms with van der Waals surface area (Å²) in [6.07, 6.45) is 0. The molecule has 0 radical (unpaired) electrons. The Morgan fingerprint density at radius 3 is 2.50 bits per heavy atom. The summed E-state index contributed by atoms with van der Waals surface area (Å²) in [7, 11) is 0. The molecule has 3 nitrogen and oxygen atoms in total. The number of carboxylic acids is 1. The second-order valence-electron chi connectivity index (χ2n) is 4.99. The summed E-state index contributed by atoms with van der Waals surface area (Å²) in [5.41, 5.74) is 0.743. The maximum absolute atomic E-state index is 13.4. The highest BCUT2D eigenvalue weighted by Gasteiger charge is 2.34. The van der Waals surface area contributed by atoms with E-state index in [-0.39, 0.29) is 11.0 Å². The number of hydrogen-bond donors (Lipinski definition) is 1. The van der Waals surface area contributed by atoms with Crippen LogP contribution in [0.2, 0.25) is 0 Å². The lowest BCUT2D eigenvalue weighted by molar-refractivity contribution is 0.0692. The third-order valence-corrected chi connectivity index (χ3v) is 2.79. The number of benzene rings is 1. The van der Waals surface area contributed by atoms with Crippen LogP contribution < -0.4 is 4.90 Å². The number of rotatable bonds is 2. The highest BCUT2D eigenvalue weighted by atomic mass is 19.1. The number of nitrogens with zero attached hydrogens (tertiary/aromatic N) is 1. The molecule has 1 saturated heterocycles. The van der Waals surface area contributed by atoms with Gasteiger partial charge in [-0.25, -0.2) is 9.18 Å². The van der Waals surface area contributed by atoms with E-state index in [0.29, 0.717) is 0 Å². The molecule has 1 aliphatic heterocycles. The predicted octanol–water partition coefficient (Wildman–Crippen LogP) is 2.37. The minimum absolute atomic E-state index is 0.266. The van der Waals surface area contributed by atoms with Crippen molar-refractivity contribution < 1.29 is 14.3 Å². The van der Waals surface area contributed by atoms with E-state index in [9.17, 15) is 9.18 Å². The number of anilines is 1. The highest BCUT2D eigenvalue weighted by Crippen LogP contribution is 2.33. The molecule has 0 atom stereocenters. The normalized spacial score (nSPS) is 18.1. The third-order valence-electron chi connectivity index (χ3n) is 2.79. The fraction of sp³-hybridized carbons (Fsp3) is 0.417. The van der Waals surface area contributed by atoms with Gasteiger partial charge < -0.3 is 10.0 Å². The SMILES string of the molecule is CC1(C)CN(c2ccc(C(=O)O)c(F)c2)C1. The zero-order valence-electron chi connectivity index (χ0n) is 9.33. The maximum Gasteiger partial charge on any atom is 0.338 e. The van der Waals surface area contributed by atoms with Crippen LogP contribution in [0.15, 0.2) is 18.2 Å². The van der Waals surface area contributed by atoms with Gasteiger partial charge in [0.05, 0.1) is 5.56 Å². The van der Waals surface area contributed by atoms with Gasteiger partial charge >= 0.3 is 5.97 Å². The minimum atomic E-state index is -1.23. The Bertz CT molecular complexity index is 435. The molecular formula is C12H14FNO2. The van der Waals surface area contributed by atoms with Gasteiger partial charge in [0.1, 0.15) is 5.82 Å². The molecule has 0 amide bonds. The van der Waals surface area contributed by atoms with Crippen molar-refractivity contribution in [3.63, 3.8) is 0 Å². The Hall–Kier alpha value is -1.58. The molecule has 1 fully saturated rings. The van der Waals surface area contributed by atoms with Gasteiger partial charge in [-0.2, -0.15) is 0 Å². The lowest BCUT2D eigenvalue weighted by Crippen LogP contribution is -2.53. The van der Waals surface area contributed by atoms with Gasteiger partial charge in [-0.15, -0.1) is 0 Å². The third kappa shape index (κ3) is 1.87. The summed E-state index contributed by atoms with van der Waals surface area (Å²) < 4.78 is 13.4. The standard InChI is InChI=1S/C12H14FNO2/c1-12(2)6-14(7-12)8-3-4-9(11(15)16)10(13)5-8/h3-5H,6-7H2,1-2H3,(H,15,16). The van der Waals surface area contributed by atoms with Crippen molar-refractivity contribution in [2.24, 2.45) is 5.41 Å². The monoisotopic (exact) mass is 223 g/mol. The molecule has 1 heterocycles. The van der Waals surface area contributed by atoms with Crippen molar-refractivity contribution >= 4 is 11.7 Å². The second-order valence-corrected chi connectivity index (χ2v) is 4.99. The summed E-state index contributed by atoms with van der Waals surface area (Å²) >= 11 is 0. The van der Waals surface area contributed by atoms with Crippen LogP contribution in [0, 0.1) is 11.2 Å². The van der Waals surface area contributed by atoms with E-state index in [1.807, 2.05) is 4.90 Å². The van der Waals surface area contributed by atoms with Gasteiger partial charge in [0.15, 0.2) is 0 Å².